The second kappa shape index (κ2) is 7.98. The number of carbonyl (C=O) groups is 2. The number of hydrogen-bond acceptors (Lipinski definition) is 6. The molecule has 1 unspecified atom stereocenters. The lowest BCUT2D eigenvalue weighted by atomic mass is 10.0. The fraction of sp³-hybridized carbons (Fsp3) is 0.200. The van der Waals surface area contributed by atoms with Crippen LogP contribution >= 0.6 is 11.3 Å². The van der Waals surface area contributed by atoms with Gasteiger partial charge in [0.25, 0.3) is 5.69 Å². The minimum Gasteiger partial charge on any atom is -0.383 e. The molecule has 0 radical (unpaired) electrons. The van der Waals surface area contributed by atoms with Crippen LogP contribution in [-0.2, 0) is 15.2 Å². The predicted octanol–water partition coefficient (Wildman–Crippen LogP) is 3.08. The lowest BCUT2D eigenvalue weighted by molar-refractivity contribution is -0.384. The Morgan fingerprint density at radius 3 is 2.55 bits per heavy atom. The number of benzene rings is 2. The van der Waals surface area contributed by atoms with Gasteiger partial charge >= 0.3 is 11.8 Å². The summed E-state index contributed by atoms with van der Waals surface area (Å²) in [6.07, 6.45) is 0. The molecule has 2 aromatic carbocycles. The van der Waals surface area contributed by atoms with Gasteiger partial charge in [-0.1, -0.05) is 18.2 Å². The summed E-state index contributed by atoms with van der Waals surface area (Å²) in [4.78, 5) is 35.2. The zero-order chi connectivity index (χ0) is 21.2. The molecule has 0 spiro atoms. The van der Waals surface area contributed by atoms with Gasteiger partial charge in [-0.2, -0.15) is 0 Å². The number of amides is 2. The number of aryl methyl sites for hydroxylation is 1. The van der Waals surface area contributed by atoms with Crippen molar-refractivity contribution in [2.24, 2.45) is 0 Å². The summed E-state index contributed by atoms with van der Waals surface area (Å²) in [5, 5.41) is 27.4. The molecule has 0 aliphatic heterocycles. The van der Waals surface area contributed by atoms with Crippen LogP contribution in [0.25, 0.3) is 10.1 Å². The molecule has 0 saturated carbocycles. The Hall–Kier alpha value is -3.30. The molecule has 150 valence electrons. The molecule has 0 aliphatic carbocycles. The predicted molar refractivity (Wildman–Crippen MR) is 111 cm³/mol. The highest BCUT2D eigenvalue weighted by atomic mass is 32.1. The summed E-state index contributed by atoms with van der Waals surface area (Å²) >= 11 is 1.42. The molecule has 3 rings (SSSR count). The third-order valence-electron chi connectivity index (χ3n) is 4.42. The fourth-order valence-electron chi connectivity index (χ4n) is 2.75. The second-order valence-electron chi connectivity index (χ2n) is 6.82. The van der Waals surface area contributed by atoms with Crippen molar-refractivity contribution in [1.82, 2.24) is 5.32 Å². The maximum absolute atomic E-state index is 12.1. The highest BCUT2D eigenvalue weighted by Crippen LogP contribution is 2.32. The number of carbonyl (C=O) groups excluding carboxylic acids is 2. The van der Waals surface area contributed by atoms with Crippen molar-refractivity contribution in [3.63, 3.8) is 0 Å². The number of nitrogens with zero attached hydrogens (tertiary/aromatic N) is 1. The summed E-state index contributed by atoms with van der Waals surface area (Å²) in [7, 11) is 0. The summed E-state index contributed by atoms with van der Waals surface area (Å²) in [6, 6.07) is 13.5. The highest BCUT2D eigenvalue weighted by molar-refractivity contribution is 7.19. The minimum absolute atomic E-state index is 0.107. The van der Waals surface area contributed by atoms with Crippen LogP contribution in [0.5, 0.6) is 0 Å². The monoisotopic (exact) mass is 413 g/mol. The summed E-state index contributed by atoms with van der Waals surface area (Å²) in [5.41, 5.74) is -0.697. The maximum atomic E-state index is 12.1. The number of fused-ring (bicyclic) bond motifs is 1. The van der Waals surface area contributed by atoms with E-state index in [0.29, 0.717) is 16.1 Å². The van der Waals surface area contributed by atoms with Crippen LogP contribution in [0.3, 0.4) is 0 Å². The van der Waals surface area contributed by atoms with Crippen LogP contribution in [-0.4, -0.2) is 28.4 Å². The van der Waals surface area contributed by atoms with E-state index in [1.54, 1.807) is 13.8 Å². The third kappa shape index (κ3) is 4.58. The van der Waals surface area contributed by atoms with Crippen LogP contribution in [0.4, 0.5) is 11.4 Å². The van der Waals surface area contributed by atoms with Gasteiger partial charge in [0, 0.05) is 27.4 Å². The quantitative estimate of drug-likeness (QED) is 0.337. The Morgan fingerprint density at radius 2 is 1.90 bits per heavy atom. The van der Waals surface area contributed by atoms with E-state index in [1.165, 1.54) is 29.5 Å². The van der Waals surface area contributed by atoms with Crippen molar-refractivity contribution in [2.45, 2.75) is 19.4 Å². The molecule has 3 N–H and O–H groups in total. The van der Waals surface area contributed by atoms with Crippen LogP contribution in [0.1, 0.15) is 17.4 Å². The molecular formula is C20H19N3O5S. The number of rotatable bonds is 5. The van der Waals surface area contributed by atoms with Gasteiger partial charge in [0.1, 0.15) is 5.60 Å². The molecule has 9 heteroatoms. The molecule has 0 fully saturated rings. The lowest BCUT2D eigenvalue weighted by Crippen LogP contribution is -2.43. The van der Waals surface area contributed by atoms with Gasteiger partial charge in [0.05, 0.1) is 11.5 Å². The average Bonchev–Trinajstić information content (AvgIpc) is 3.12. The molecule has 0 saturated heterocycles. The number of anilines is 1. The maximum Gasteiger partial charge on any atom is 0.313 e. The van der Waals surface area contributed by atoms with Gasteiger partial charge in [0.2, 0.25) is 0 Å². The first-order valence-electron chi connectivity index (χ1n) is 8.73. The van der Waals surface area contributed by atoms with Gasteiger partial charge in [0.15, 0.2) is 0 Å². The van der Waals surface area contributed by atoms with Crippen molar-refractivity contribution in [1.29, 1.82) is 0 Å². The molecule has 0 aliphatic rings. The lowest BCUT2D eigenvalue weighted by Gasteiger charge is -2.22. The van der Waals surface area contributed by atoms with E-state index in [4.69, 9.17) is 0 Å². The molecular weight excluding hydrogens is 394 g/mol. The normalized spacial score (nSPS) is 12.9. The molecule has 3 aromatic rings. The van der Waals surface area contributed by atoms with Crippen LogP contribution in [0.15, 0.2) is 48.5 Å². The standard InChI is InChI=1S/C20H19N3O5S/c1-12-9-14(23(27)28)7-8-15(12)22-19(25)18(24)21-11-20(2,26)17-10-13-5-3-4-6-16(13)29-17/h3-10,26H,11H2,1-2H3,(H,21,24)(H,22,25). The number of non-ortho nitro benzene ring substituents is 1. The van der Waals surface area contributed by atoms with Gasteiger partial charge in [-0.25, -0.2) is 0 Å². The second-order valence-corrected chi connectivity index (χ2v) is 7.90. The summed E-state index contributed by atoms with van der Waals surface area (Å²) < 4.78 is 1.01. The molecule has 0 bridgehead atoms. The number of nitro groups is 1. The summed E-state index contributed by atoms with van der Waals surface area (Å²) in [5.74, 6) is -1.83. The molecule has 8 nitrogen and oxygen atoms in total. The Morgan fingerprint density at radius 1 is 1.17 bits per heavy atom. The third-order valence-corrected chi connectivity index (χ3v) is 5.79. The number of thiophene rings is 1. The van der Waals surface area contributed by atoms with Gasteiger partial charge < -0.3 is 15.7 Å². The van der Waals surface area contributed by atoms with E-state index >= 15 is 0 Å². The van der Waals surface area contributed by atoms with Crippen LogP contribution in [0, 0.1) is 17.0 Å². The van der Waals surface area contributed by atoms with Crippen molar-refractivity contribution < 1.29 is 19.6 Å². The summed E-state index contributed by atoms with van der Waals surface area (Å²) in [6.45, 7) is 3.01. The number of nitrogens with one attached hydrogen (secondary N) is 2. The molecule has 29 heavy (non-hydrogen) atoms. The minimum atomic E-state index is -1.34. The molecule has 1 aromatic heterocycles. The largest absolute Gasteiger partial charge is 0.383 e. The topological polar surface area (TPSA) is 122 Å². The van der Waals surface area contributed by atoms with E-state index < -0.39 is 22.3 Å². The molecule has 2 amide bonds. The molecule has 1 heterocycles. The zero-order valence-electron chi connectivity index (χ0n) is 15.8. The SMILES string of the molecule is Cc1cc([N+](=O)[O-])ccc1NC(=O)C(=O)NCC(C)(O)c1cc2ccccc2s1. The Bertz CT molecular complexity index is 1070. The number of hydrogen-bond donors (Lipinski definition) is 3. The Kier molecular flexibility index (Phi) is 5.62. The fourth-order valence-corrected chi connectivity index (χ4v) is 3.85. The van der Waals surface area contributed by atoms with E-state index in [9.17, 15) is 24.8 Å². The van der Waals surface area contributed by atoms with Crippen molar-refractivity contribution >= 4 is 44.6 Å². The van der Waals surface area contributed by atoms with Crippen molar-refractivity contribution in [2.75, 3.05) is 11.9 Å². The van der Waals surface area contributed by atoms with E-state index in [2.05, 4.69) is 10.6 Å². The smallest absolute Gasteiger partial charge is 0.313 e. The van der Waals surface area contributed by atoms with E-state index in [-0.39, 0.29) is 12.2 Å². The number of nitro benzene ring substituents is 1. The zero-order valence-corrected chi connectivity index (χ0v) is 16.6. The average molecular weight is 413 g/mol. The Labute approximate surface area is 170 Å². The van der Waals surface area contributed by atoms with Gasteiger partial charge in [-0.05, 0) is 43.0 Å². The number of aliphatic hydroxyl groups is 1. The van der Waals surface area contributed by atoms with Crippen LogP contribution in [0.2, 0.25) is 0 Å². The first-order valence-corrected chi connectivity index (χ1v) is 9.55. The molecule has 1 atom stereocenters. The van der Waals surface area contributed by atoms with Crippen molar-refractivity contribution in [3.8, 4) is 0 Å². The first kappa shape index (κ1) is 20.4. The van der Waals surface area contributed by atoms with Crippen LogP contribution < -0.4 is 10.6 Å². The first-order chi connectivity index (χ1) is 13.7. The highest BCUT2D eigenvalue weighted by Gasteiger charge is 2.27. The van der Waals surface area contributed by atoms with E-state index in [0.717, 1.165) is 10.1 Å². The van der Waals surface area contributed by atoms with Gasteiger partial charge in [-0.15, -0.1) is 11.3 Å². The van der Waals surface area contributed by atoms with E-state index in [1.807, 2.05) is 30.3 Å². The van der Waals surface area contributed by atoms with Gasteiger partial charge in [-0.3, -0.25) is 19.7 Å². The van der Waals surface area contributed by atoms with Crippen molar-refractivity contribution in [3.05, 3.63) is 69.1 Å². The Balaban J connectivity index is 1.63.